The van der Waals surface area contributed by atoms with Crippen molar-refractivity contribution in [2.45, 2.75) is 13.8 Å². The third-order valence-corrected chi connectivity index (χ3v) is 2.84. The van der Waals surface area contributed by atoms with Crippen molar-refractivity contribution >= 4 is 16.7 Å². The molecule has 17 heavy (non-hydrogen) atoms. The van der Waals surface area contributed by atoms with Crippen LogP contribution in [-0.4, -0.2) is 23.1 Å². The van der Waals surface area contributed by atoms with Crippen LogP contribution in [0, 0.1) is 5.41 Å². The molecule has 0 aliphatic carbocycles. The zero-order valence-corrected chi connectivity index (χ0v) is 10.1. The smallest absolute Gasteiger partial charge is 0.323 e. The number of imidazole rings is 1. The van der Waals surface area contributed by atoms with Crippen molar-refractivity contribution in [3.63, 3.8) is 0 Å². The second kappa shape index (κ2) is 4.25. The topological polar surface area (TPSA) is 86.7 Å². The first-order chi connectivity index (χ1) is 8.00. The Hall–Kier alpha value is -1.75. The molecular weight excluding hydrogens is 216 g/mol. The molecule has 1 aromatic carbocycles. The minimum Gasteiger partial charge on any atom is -0.384 e. The van der Waals surface area contributed by atoms with Crippen LogP contribution >= 0.6 is 0 Å². The van der Waals surface area contributed by atoms with Crippen LogP contribution in [-0.2, 0) is 0 Å². The molecule has 0 spiro atoms. The Morgan fingerprint density at radius 2 is 2.00 bits per heavy atom. The number of benzene rings is 1. The summed E-state index contributed by atoms with van der Waals surface area (Å²) >= 11 is 0. The molecular formula is C12H18N4O. The first-order valence-electron chi connectivity index (χ1n) is 5.66. The summed E-state index contributed by atoms with van der Waals surface area (Å²) in [5, 5.41) is 3.32. The van der Waals surface area contributed by atoms with Gasteiger partial charge < -0.3 is 21.0 Å². The number of hydrogen-bond donors (Lipinski definition) is 4. The van der Waals surface area contributed by atoms with Crippen molar-refractivity contribution in [3.8, 4) is 0 Å². The monoisotopic (exact) mass is 234 g/mol. The summed E-state index contributed by atoms with van der Waals surface area (Å²) in [6.07, 6.45) is 0. The van der Waals surface area contributed by atoms with Gasteiger partial charge in [0.2, 0.25) is 0 Å². The first kappa shape index (κ1) is 11.7. The molecule has 0 unspecified atom stereocenters. The molecule has 1 aromatic heterocycles. The SMILES string of the molecule is CC(C)(CN)CNc1ccc2[nH]c(=O)[nH]c2c1. The van der Waals surface area contributed by atoms with Gasteiger partial charge in [-0.1, -0.05) is 13.8 Å². The Morgan fingerprint density at radius 3 is 2.71 bits per heavy atom. The van der Waals surface area contributed by atoms with E-state index >= 15 is 0 Å². The lowest BCUT2D eigenvalue weighted by molar-refractivity contribution is 0.406. The van der Waals surface area contributed by atoms with Crippen LogP contribution in [0.5, 0.6) is 0 Å². The van der Waals surface area contributed by atoms with E-state index in [-0.39, 0.29) is 11.1 Å². The molecule has 0 radical (unpaired) electrons. The van der Waals surface area contributed by atoms with E-state index in [1.165, 1.54) is 0 Å². The highest BCUT2D eigenvalue weighted by Crippen LogP contribution is 2.18. The lowest BCUT2D eigenvalue weighted by Crippen LogP contribution is -2.31. The van der Waals surface area contributed by atoms with Gasteiger partial charge >= 0.3 is 5.69 Å². The molecule has 5 heteroatoms. The molecule has 0 aliphatic heterocycles. The standard InChI is InChI=1S/C12H18N4O/c1-12(2,6-13)7-14-8-3-4-9-10(5-8)16-11(17)15-9/h3-5,14H,6-7,13H2,1-2H3,(H2,15,16,17). The predicted molar refractivity (Wildman–Crippen MR) is 70.2 cm³/mol. The van der Waals surface area contributed by atoms with E-state index in [1.54, 1.807) is 0 Å². The number of H-pyrrole nitrogens is 2. The third-order valence-electron chi connectivity index (χ3n) is 2.84. The zero-order chi connectivity index (χ0) is 12.5. The maximum Gasteiger partial charge on any atom is 0.323 e. The van der Waals surface area contributed by atoms with Crippen molar-refractivity contribution in [2.75, 3.05) is 18.4 Å². The number of nitrogens with one attached hydrogen (secondary N) is 3. The van der Waals surface area contributed by atoms with Crippen LogP contribution in [0.1, 0.15) is 13.8 Å². The van der Waals surface area contributed by atoms with Gasteiger partial charge in [-0.05, 0) is 30.2 Å². The van der Waals surface area contributed by atoms with E-state index in [2.05, 4.69) is 29.1 Å². The molecule has 0 fully saturated rings. The van der Waals surface area contributed by atoms with Gasteiger partial charge in [-0.15, -0.1) is 0 Å². The van der Waals surface area contributed by atoms with Crippen LogP contribution in [0.3, 0.4) is 0 Å². The van der Waals surface area contributed by atoms with Gasteiger partial charge in [-0.3, -0.25) is 0 Å². The molecule has 2 aromatic rings. The van der Waals surface area contributed by atoms with Crippen LogP contribution in [0.25, 0.3) is 11.0 Å². The predicted octanol–water partition coefficient (Wildman–Crippen LogP) is 1.25. The third kappa shape index (κ3) is 2.68. The highest BCUT2D eigenvalue weighted by atomic mass is 16.1. The van der Waals surface area contributed by atoms with Gasteiger partial charge in [0.1, 0.15) is 0 Å². The number of aromatic nitrogens is 2. The summed E-state index contributed by atoms with van der Waals surface area (Å²) in [6.45, 7) is 5.64. The van der Waals surface area contributed by atoms with Gasteiger partial charge in [0, 0.05) is 12.2 Å². The van der Waals surface area contributed by atoms with E-state index in [9.17, 15) is 4.79 Å². The van der Waals surface area contributed by atoms with Gasteiger partial charge in [-0.25, -0.2) is 4.79 Å². The molecule has 2 rings (SSSR count). The lowest BCUT2D eigenvalue weighted by Gasteiger charge is -2.23. The van der Waals surface area contributed by atoms with Crippen LogP contribution < -0.4 is 16.7 Å². The maximum absolute atomic E-state index is 11.1. The lowest BCUT2D eigenvalue weighted by atomic mass is 9.94. The quantitative estimate of drug-likeness (QED) is 0.642. The number of nitrogens with two attached hydrogens (primary N) is 1. The molecule has 0 saturated carbocycles. The maximum atomic E-state index is 11.1. The molecule has 1 heterocycles. The van der Waals surface area contributed by atoms with Gasteiger partial charge in [-0.2, -0.15) is 0 Å². The molecule has 0 aliphatic rings. The minimum atomic E-state index is -0.181. The second-order valence-electron chi connectivity index (χ2n) is 5.06. The summed E-state index contributed by atoms with van der Waals surface area (Å²) in [5.41, 5.74) is 8.16. The van der Waals surface area contributed by atoms with Crippen molar-refractivity contribution in [1.29, 1.82) is 0 Å². The van der Waals surface area contributed by atoms with E-state index in [4.69, 9.17) is 5.73 Å². The average molecular weight is 234 g/mol. The van der Waals surface area contributed by atoms with Crippen LogP contribution in [0.2, 0.25) is 0 Å². The number of hydrogen-bond acceptors (Lipinski definition) is 3. The fraction of sp³-hybridized carbons (Fsp3) is 0.417. The Morgan fingerprint density at radius 1 is 1.29 bits per heavy atom. The number of anilines is 1. The normalized spacial score (nSPS) is 11.9. The van der Waals surface area contributed by atoms with Crippen LogP contribution in [0.4, 0.5) is 5.69 Å². The minimum absolute atomic E-state index is 0.0561. The first-order valence-corrected chi connectivity index (χ1v) is 5.66. The molecule has 92 valence electrons. The molecule has 0 saturated heterocycles. The van der Waals surface area contributed by atoms with Crippen molar-refractivity contribution in [1.82, 2.24) is 9.97 Å². The molecule has 0 amide bonds. The molecule has 5 nitrogen and oxygen atoms in total. The van der Waals surface area contributed by atoms with Gasteiger partial charge in [0.25, 0.3) is 0 Å². The molecule has 5 N–H and O–H groups in total. The largest absolute Gasteiger partial charge is 0.384 e. The number of aromatic amines is 2. The number of rotatable bonds is 4. The van der Waals surface area contributed by atoms with Crippen molar-refractivity contribution in [3.05, 3.63) is 28.7 Å². The summed E-state index contributed by atoms with van der Waals surface area (Å²) in [6, 6.07) is 5.74. The Bertz CT molecular complexity index is 567. The summed E-state index contributed by atoms with van der Waals surface area (Å²) in [5.74, 6) is 0. The van der Waals surface area contributed by atoms with Crippen LogP contribution in [0.15, 0.2) is 23.0 Å². The fourth-order valence-corrected chi connectivity index (χ4v) is 1.56. The summed E-state index contributed by atoms with van der Waals surface area (Å²) < 4.78 is 0. The summed E-state index contributed by atoms with van der Waals surface area (Å²) in [4.78, 5) is 16.6. The Labute approximate surface area is 99.4 Å². The average Bonchev–Trinajstić information content (AvgIpc) is 2.66. The Balaban J connectivity index is 2.17. The highest BCUT2D eigenvalue weighted by Gasteiger charge is 2.14. The molecule has 0 atom stereocenters. The van der Waals surface area contributed by atoms with E-state index in [0.717, 1.165) is 23.3 Å². The van der Waals surface area contributed by atoms with E-state index < -0.39 is 0 Å². The number of fused-ring (bicyclic) bond motifs is 1. The van der Waals surface area contributed by atoms with Crippen molar-refractivity contribution < 1.29 is 0 Å². The van der Waals surface area contributed by atoms with Gasteiger partial charge in [0.05, 0.1) is 11.0 Å². The Kier molecular flexibility index (Phi) is 2.93. The second-order valence-corrected chi connectivity index (χ2v) is 5.06. The summed E-state index contributed by atoms with van der Waals surface area (Å²) in [7, 11) is 0. The van der Waals surface area contributed by atoms with E-state index in [1.807, 2.05) is 18.2 Å². The fourth-order valence-electron chi connectivity index (χ4n) is 1.56. The molecule has 0 bridgehead atoms. The zero-order valence-electron chi connectivity index (χ0n) is 10.1. The van der Waals surface area contributed by atoms with Gasteiger partial charge in [0.15, 0.2) is 0 Å². The van der Waals surface area contributed by atoms with Crippen molar-refractivity contribution in [2.24, 2.45) is 11.1 Å². The highest BCUT2D eigenvalue weighted by molar-refractivity contribution is 5.78. The van der Waals surface area contributed by atoms with E-state index in [0.29, 0.717) is 6.54 Å².